The lowest BCUT2D eigenvalue weighted by Crippen LogP contribution is -3.02. The van der Waals surface area contributed by atoms with E-state index in [2.05, 4.69) is 51.5 Å². The molecule has 11 heteroatoms. The van der Waals surface area contributed by atoms with E-state index < -0.39 is 16.3 Å². The van der Waals surface area contributed by atoms with Crippen LogP contribution in [0.2, 0.25) is 0 Å². The highest BCUT2D eigenvalue weighted by molar-refractivity contribution is 7.98. The Morgan fingerprint density at radius 2 is 1.50 bits per heavy atom. The van der Waals surface area contributed by atoms with E-state index in [0.717, 1.165) is 0 Å². The average molecular weight is 364 g/mol. The second-order valence-corrected chi connectivity index (χ2v) is 7.05. The Morgan fingerprint density at radius 1 is 1.14 bits per heavy atom. The number of nitrogens with one attached hydrogen (secondary N) is 2. The molecule has 0 amide bonds. The van der Waals surface area contributed by atoms with Crippen LogP contribution in [0, 0.1) is 0 Å². The minimum absolute atomic E-state index is 0.206. The first-order valence-corrected chi connectivity index (χ1v) is 9.06. The molecule has 0 aromatic carbocycles. The second kappa shape index (κ2) is 15.2. The zero-order valence-electron chi connectivity index (χ0n) is 14.3. The van der Waals surface area contributed by atoms with Crippen molar-refractivity contribution in [2.24, 2.45) is 5.73 Å². The second-order valence-electron chi connectivity index (χ2n) is 5.12. The Kier molecular flexibility index (Phi) is 18.1. The van der Waals surface area contributed by atoms with Gasteiger partial charge in [0.2, 0.25) is 10.4 Å². The summed E-state index contributed by atoms with van der Waals surface area (Å²) < 4.78 is 32.8. The lowest BCUT2D eigenvalue weighted by molar-refractivity contribution is -0.836. The molecule has 0 aromatic heterocycles. The third-order valence-electron chi connectivity index (χ3n) is 1.03. The van der Waals surface area contributed by atoms with Gasteiger partial charge in [-0.1, -0.05) is 0 Å². The van der Waals surface area contributed by atoms with Crippen molar-refractivity contribution >= 4 is 22.2 Å². The fraction of sp³-hybridized carbons (Fsp3) is 0.818. The Bertz CT molecular complexity index is 374. The molecule has 0 bridgehead atoms. The van der Waals surface area contributed by atoms with Crippen LogP contribution in [0.5, 0.6) is 0 Å². The van der Waals surface area contributed by atoms with Crippen LogP contribution in [0.15, 0.2) is 11.6 Å². The van der Waals surface area contributed by atoms with E-state index in [1.54, 1.807) is 6.26 Å². The molecular weight excluding hydrogens is 334 g/mol. The lowest BCUT2D eigenvalue weighted by Gasteiger charge is -2.18. The van der Waals surface area contributed by atoms with E-state index >= 15 is 0 Å². The molecule has 0 aliphatic heterocycles. The summed E-state index contributed by atoms with van der Waals surface area (Å²) in [5.41, 5.74) is 4.98. The monoisotopic (exact) mass is 363 g/mol. The summed E-state index contributed by atoms with van der Waals surface area (Å²) in [4.78, 5) is 6.49. The van der Waals surface area contributed by atoms with E-state index in [1.165, 1.54) is 21.6 Å². The third-order valence-corrected chi connectivity index (χ3v) is 1.88. The van der Waals surface area contributed by atoms with Crippen molar-refractivity contribution in [2.75, 3.05) is 54.3 Å². The highest BCUT2D eigenvalue weighted by Gasteiger charge is 1.96. The number of nitrogens with two attached hydrogens (primary N) is 1. The largest absolute Gasteiger partial charge is 0.724 e. The van der Waals surface area contributed by atoms with E-state index in [4.69, 9.17) is 5.73 Å². The van der Waals surface area contributed by atoms with Crippen molar-refractivity contribution in [2.45, 2.75) is 6.42 Å². The first-order chi connectivity index (χ1) is 9.83. The molecule has 9 nitrogen and oxygen atoms in total. The van der Waals surface area contributed by atoms with Crippen LogP contribution in [-0.4, -0.2) is 67.3 Å². The van der Waals surface area contributed by atoms with Crippen LogP contribution in [0.3, 0.4) is 0 Å². The molecule has 136 valence electrons. The van der Waals surface area contributed by atoms with Gasteiger partial charge in [-0.3, -0.25) is 0 Å². The quantitative estimate of drug-likeness (QED) is 0.144. The summed E-state index contributed by atoms with van der Waals surface area (Å²) in [6.07, 6.45) is 2.03. The molecule has 0 radical (unpaired) electrons. The van der Waals surface area contributed by atoms with Gasteiger partial charge in [0.05, 0.1) is 48.2 Å². The summed E-state index contributed by atoms with van der Waals surface area (Å²) >= 11 is 1.44. The van der Waals surface area contributed by atoms with Crippen LogP contribution in [-0.2, 0) is 19.6 Å². The highest BCUT2D eigenvalue weighted by Crippen LogP contribution is 2.05. The molecule has 0 unspecified atom stereocenters. The lowest BCUT2D eigenvalue weighted by atomic mass is 10.4. The summed E-state index contributed by atoms with van der Waals surface area (Å²) in [5.74, 6) is -0.594. The number of thioether (sulfide) groups is 1. The Morgan fingerprint density at radius 3 is 1.77 bits per heavy atom. The molecule has 0 aliphatic rings. The van der Waals surface area contributed by atoms with Gasteiger partial charge in [0.1, 0.15) is 0 Å². The maximum atomic E-state index is 10.8. The van der Waals surface area contributed by atoms with Gasteiger partial charge in [-0.25, -0.2) is 8.42 Å². The Hall–Kier alpha value is -0.720. The van der Waals surface area contributed by atoms with Gasteiger partial charge < -0.3 is 30.1 Å². The Balaban J connectivity index is -0.000000372. The predicted octanol–water partition coefficient (Wildman–Crippen LogP) is -3.84. The normalized spacial score (nSPS) is 11.9. The standard InChI is InChI=1S/C5H11NO6S2.2C3H9N/c1-13-3-2-4(6)5(7)11-12-14(8,9)10;2*1-4(2)3/h7H,2-3,6H2,1H3,(H,8,9,10);2*1-3H3/b5-4-;;. The number of hydrogen-bond acceptors (Lipinski definition) is 8. The van der Waals surface area contributed by atoms with Crippen molar-refractivity contribution in [3.63, 3.8) is 0 Å². The maximum Gasteiger partial charge on any atom is 0.234 e. The molecule has 22 heavy (non-hydrogen) atoms. The van der Waals surface area contributed by atoms with Crippen LogP contribution in [0.1, 0.15) is 6.42 Å². The van der Waals surface area contributed by atoms with Gasteiger partial charge in [0.25, 0.3) is 0 Å². The van der Waals surface area contributed by atoms with Crippen LogP contribution in [0.25, 0.3) is 0 Å². The van der Waals surface area contributed by atoms with E-state index in [1.807, 2.05) is 0 Å². The average Bonchev–Trinajstić information content (AvgIpc) is 2.30. The zero-order valence-corrected chi connectivity index (χ0v) is 15.9. The van der Waals surface area contributed by atoms with Gasteiger partial charge in [-0.15, -0.1) is 0 Å². The van der Waals surface area contributed by atoms with Gasteiger partial charge in [0.15, 0.2) is 0 Å². The van der Waals surface area contributed by atoms with Gasteiger partial charge >= 0.3 is 0 Å². The minimum atomic E-state index is -5.04. The maximum absolute atomic E-state index is 10.8. The summed E-state index contributed by atoms with van der Waals surface area (Å²) in [7, 11) is 7.46. The van der Waals surface area contributed by atoms with Crippen molar-refractivity contribution < 1.29 is 37.1 Å². The molecule has 0 saturated carbocycles. The van der Waals surface area contributed by atoms with E-state index in [9.17, 15) is 18.1 Å². The molecule has 0 aromatic rings. The van der Waals surface area contributed by atoms with Crippen LogP contribution in [0.4, 0.5) is 0 Å². The van der Waals surface area contributed by atoms with Crippen LogP contribution >= 0.6 is 11.8 Å². The fourth-order valence-corrected chi connectivity index (χ4v) is 1.01. The highest BCUT2D eigenvalue weighted by atomic mass is 32.3. The van der Waals surface area contributed by atoms with Crippen LogP contribution < -0.4 is 20.6 Å². The van der Waals surface area contributed by atoms with E-state index in [-0.39, 0.29) is 12.1 Å². The fourth-order valence-electron chi connectivity index (χ4n) is 0.440. The van der Waals surface area contributed by atoms with Crippen molar-refractivity contribution in [1.29, 1.82) is 0 Å². The predicted molar refractivity (Wildman–Crippen MR) is 83.5 cm³/mol. The molecule has 0 fully saturated rings. The van der Waals surface area contributed by atoms with Crippen molar-refractivity contribution in [3.8, 4) is 0 Å². The molecule has 0 saturated heterocycles. The summed E-state index contributed by atoms with van der Waals surface area (Å²) in [6, 6.07) is 0. The minimum Gasteiger partial charge on any atom is -0.724 e. The SMILES string of the molecule is CSCC/C(N)=C(\[O-])OOS(=O)(=O)[O-].C[NH+](C)C.C[NH+](C)C. The first kappa shape index (κ1) is 26.2. The van der Waals surface area contributed by atoms with E-state index in [0.29, 0.717) is 5.75 Å². The number of hydrogen-bond donors (Lipinski definition) is 3. The molecular formula is C11H29N3O6S2. The van der Waals surface area contributed by atoms with Gasteiger partial charge in [0, 0.05) is 5.70 Å². The third kappa shape index (κ3) is 36.5. The van der Waals surface area contributed by atoms with Gasteiger partial charge in [-0.05, 0) is 18.4 Å². The number of rotatable bonds is 6. The zero-order chi connectivity index (χ0) is 18.3. The van der Waals surface area contributed by atoms with Gasteiger partial charge in [-0.2, -0.15) is 16.1 Å². The molecule has 0 aliphatic carbocycles. The molecule has 0 spiro atoms. The Labute approximate surface area is 137 Å². The molecule has 0 atom stereocenters. The summed E-state index contributed by atoms with van der Waals surface area (Å²) in [5, 5.41) is 10.8. The summed E-state index contributed by atoms with van der Waals surface area (Å²) in [6.45, 7) is 0. The molecule has 0 rings (SSSR count). The molecule has 0 heterocycles. The molecule has 4 N–H and O–H groups in total. The number of allylic oxidation sites excluding steroid dienone is 1. The van der Waals surface area contributed by atoms with Crippen molar-refractivity contribution in [1.82, 2.24) is 0 Å². The number of quaternary nitrogens is 2. The first-order valence-electron chi connectivity index (χ1n) is 6.33. The van der Waals surface area contributed by atoms with Crippen molar-refractivity contribution in [3.05, 3.63) is 11.6 Å². The smallest absolute Gasteiger partial charge is 0.234 e. The topological polar surface area (TPSA) is 134 Å².